The van der Waals surface area contributed by atoms with E-state index in [0.717, 1.165) is 0 Å². The highest BCUT2D eigenvalue weighted by Gasteiger charge is 1.38. The molecule has 0 aromatic carbocycles. The molecule has 2 heteroatoms. The molecule has 0 rings (SSSR count). The van der Waals surface area contributed by atoms with Gasteiger partial charge in [0.05, 0.1) is 0 Å². The third-order valence-electron chi connectivity index (χ3n) is 0. The topological polar surface area (TPSA) is 0 Å². The monoisotopic (exact) mass is 317 g/mol. The fraction of sp³-hybridized carbons (Fsp3) is 1.00. The Morgan fingerprint density at radius 3 is 1.67 bits per heavy atom. The Morgan fingerprint density at radius 1 is 1.50 bits per heavy atom. The van der Waals surface area contributed by atoms with Gasteiger partial charge in [-0.1, -0.05) is 59.0 Å². The second-order valence-corrected chi connectivity index (χ2v) is 2.69. The van der Waals surface area contributed by atoms with E-state index >= 15 is 0 Å². The van der Waals surface area contributed by atoms with E-state index in [2.05, 4.69) is 29.5 Å². The Labute approximate surface area is 71.6 Å². The molecule has 0 bridgehead atoms. The van der Waals surface area contributed by atoms with Crippen molar-refractivity contribution in [1.29, 1.82) is 0 Å². The van der Waals surface area contributed by atoms with Crippen LogP contribution in [0.2, 0.25) is 0 Å². The van der Waals surface area contributed by atoms with Crippen LogP contribution in [0.25, 0.3) is 0 Å². The summed E-state index contributed by atoms with van der Waals surface area (Å²) in [5.74, 6) is 0. The Balaban J connectivity index is 0. The predicted molar refractivity (Wildman–Crippen MR) is 49.1 cm³/mol. The minimum Gasteiger partial charge on any atom is -0.0867 e. The average Bonchev–Trinajstić information content (AvgIpc) is 1.67. The minimum absolute atomic E-state index is 0.241. The van der Waals surface area contributed by atoms with Gasteiger partial charge in [0, 0.05) is 4.11 Å². The lowest BCUT2D eigenvalue weighted by Crippen LogP contribution is -1.33. The zero-order valence-corrected chi connectivity index (χ0v) is 7.99. The van der Waals surface area contributed by atoms with Crippen molar-refractivity contribution in [3.63, 3.8) is 0 Å². The van der Waals surface area contributed by atoms with Gasteiger partial charge < -0.3 is 0 Å². The molecule has 0 aliphatic carbocycles. The maximum absolute atomic E-state index is 6.51. The summed E-state index contributed by atoms with van der Waals surface area (Å²) in [6.45, 7) is 0.390. The van der Waals surface area contributed by atoms with Crippen LogP contribution in [0, 0.1) is 0 Å². The number of alkyl halides is 2. The summed E-state index contributed by atoms with van der Waals surface area (Å²) < 4.78 is 21.0. The van der Waals surface area contributed by atoms with Crippen molar-refractivity contribution >= 4 is 45.2 Å². The van der Waals surface area contributed by atoms with E-state index in [1.54, 1.807) is 0 Å². The molecule has 0 amide bonds. The van der Waals surface area contributed by atoms with Crippen LogP contribution < -0.4 is 0 Å². The van der Waals surface area contributed by atoms with E-state index in [1.165, 1.54) is 4.43 Å². The summed E-state index contributed by atoms with van der Waals surface area (Å²) >= 11 is 4.12. The second kappa shape index (κ2) is 16.1. The van der Waals surface area contributed by atoms with E-state index in [4.69, 9.17) is 4.11 Å². The molecular weight excluding hydrogens is 304 g/mol. The molecule has 0 aliphatic heterocycles. The first-order valence-corrected chi connectivity index (χ1v) is 4.65. The van der Waals surface area contributed by atoms with Gasteiger partial charge in [-0.05, 0) is 8.86 Å². The zero-order valence-electron chi connectivity index (χ0n) is 6.67. The average molecular weight is 317 g/mol. The Kier molecular flexibility index (Phi) is 11.7. The van der Waals surface area contributed by atoms with Crippen LogP contribution in [0.4, 0.5) is 0 Å². The molecule has 0 nitrogen and oxygen atoms in total. The zero-order chi connectivity index (χ0) is 7.91. The summed E-state index contributed by atoms with van der Waals surface area (Å²) in [5, 5.41) is 0. The van der Waals surface area contributed by atoms with Gasteiger partial charge in [-0.15, -0.1) is 0 Å². The Morgan fingerprint density at radius 2 is 1.67 bits per heavy atom. The Hall–Kier alpha value is 1.46. The van der Waals surface area contributed by atoms with Crippen molar-refractivity contribution in [2.24, 2.45) is 0 Å². The number of halogens is 2. The highest BCUT2D eigenvalue weighted by molar-refractivity contribution is 14.1. The molecule has 0 aromatic rings. The number of rotatable bonds is 0. The first kappa shape index (κ1) is 4.35. The predicted octanol–water partition coefficient (Wildman–Crippen LogP) is 2.88. The number of hydrogen-bond donors (Lipinski definition) is 0. The highest BCUT2D eigenvalue weighted by atomic mass is 127. The molecule has 40 valence electrons. The lowest BCUT2D eigenvalue weighted by molar-refractivity contribution is 1.58. The lowest BCUT2D eigenvalue weighted by atomic mass is 11.0. The van der Waals surface area contributed by atoms with E-state index in [-0.39, 0.29) is 4.43 Å². The summed E-state index contributed by atoms with van der Waals surface area (Å²) in [7, 11) is 0. The molecule has 0 saturated heterocycles. The van der Waals surface area contributed by atoms with Crippen LogP contribution in [-0.4, -0.2) is 8.86 Å². The third kappa shape index (κ3) is 51.0. The molecule has 0 radical (unpaired) electrons. The van der Waals surface area contributed by atoms with Crippen LogP contribution >= 0.6 is 45.2 Å². The molecule has 0 atom stereocenters. The highest BCUT2D eigenvalue weighted by Crippen LogP contribution is 1.69. The minimum atomic E-state index is -1.72. The van der Waals surface area contributed by atoms with Crippen LogP contribution in [0.15, 0.2) is 0 Å². The maximum Gasteiger partial charge on any atom is 0.0238 e. The van der Waals surface area contributed by atoms with Crippen LogP contribution in [0.1, 0.15) is 17.9 Å². The molecule has 0 fully saturated rings. The SMILES string of the molecule is [13CH3][13CH2]I.[2H]C([2H])([2H])CI. The van der Waals surface area contributed by atoms with Crippen molar-refractivity contribution < 1.29 is 4.11 Å². The van der Waals surface area contributed by atoms with Crippen molar-refractivity contribution in [3.8, 4) is 0 Å². The summed E-state index contributed by atoms with van der Waals surface area (Å²) in [4.78, 5) is 0. The van der Waals surface area contributed by atoms with Crippen LogP contribution in [-0.2, 0) is 0 Å². The van der Waals surface area contributed by atoms with Gasteiger partial charge in [0.2, 0.25) is 0 Å². The van der Waals surface area contributed by atoms with E-state index in [9.17, 15) is 0 Å². The Bertz CT molecular complexity index is 52.3. The largest absolute Gasteiger partial charge is 0.0867 e. The third-order valence-corrected chi connectivity index (χ3v) is 0. The van der Waals surface area contributed by atoms with Gasteiger partial charge in [-0.3, -0.25) is 0 Å². The fourth-order valence-corrected chi connectivity index (χ4v) is 0. The van der Waals surface area contributed by atoms with Crippen molar-refractivity contribution in [2.45, 2.75) is 13.8 Å². The van der Waals surface area contributed by atoms with Gasteiger partial charge >= 0.3 is 0 Å². The maximum atomic E-state index is 6.51. The van der Waals surface area contributed by atoms with Crippen molar-refractivity contribution in [3.05, 3.63) is 0 Å². The second-order valence-electron chi connectivity index (χ2n) is 0.401. The smallest absolute Gasteiger partial charge is 0.0238 e. The van der Waals surface area contributed by atoms with E-state index in [1.807, 2.05) is 22.6 Å². The van der Waals surface area contributed by atoms with Crippen molar-refractivity contribution in [2.75, 3.05) is 8.86 Å². The normalized spacial score (nSPS) is 15.5. The molecule has 0 heterocycles. The quantitative estimate of drug-likeness (QED) is 0.366. The molecule has 6 heavy (non-hydrogen) atoms. The van der Waals surface area contributed by atoms with Crippen LogP contribution in [0.5, 0.6) is 0 Å². The van der Waals surface area contributed by atoms with Gasteiger partial charge in [-0.25, -0.2) is 0 Å². The first-order valence-electron chi connectivity index (χ1n) is 3.10. The fourth-order valence-electron chi connectivity index (χ4n) is 0. The summed E-state index contributed by atoms with van der Waals surface area (Å²) in [6.07, 6.45) is 0. The van der Waals surface area contributed by atoms with E-state index < -0.39 is 6.85 Å². The van der Waals surface area contributed by atoms with Crippen molar-refractivity contribution in [1.82, 2.24) is 0 Å². The lowest BCUT2D eigenvalue weighted by Gasteiger charge is -1.45. The standard InChI is InChI=1S/2C2H5I/c2*1-2-3/h2*2H2,1H3/i1+1,2+1;1D3. The molecule has 0 saturated carbocycles. The molecule has 0 unspecified atom stereocenters. The van der Waals surface area contributed by atoms with Crippen LogP contribution in [0.3, 0.4) is 0 Å². The molecular formula is C4H10I2. The van der Waals surface area contributed by atoms with E-state index in [0.29, 0.717) is 0 Å². The molecule has 0 spiro atoms. The van der Waals surface area contributed by atoms with Gasteiger partial charge in [0.1, 0.15) is 0 Å². The summed E-state index contributed by atoms with van der Waals surface area (Å²) in [6, 6.07) is 0. The molecule has 0 N–H and O–H groups in total. The van der Waals surface area contributed by atoms with Gasteiger partial charge in [0.25, 0.3) is 0 Å². The first-order chi connectivity index (χ1) is 3.97. The summed E-state index contributed by atoms with van der Waals surface area (Å²) in [5.41, 5.74) is 0. The molecule has 0 aromatic heterocycles. The number of hydrogen-bond acceptors (Lipinski definition) is 0. The van der Waals surface area contributed by atoms with Gasteiger partial charge in [0.15, 0.2) is 0 Å². The van der Waals surface area contributed by atoms with Gasteiger partial charge in [-0.2, -0.15) is 0 Å². The molecule has 0 aliphatic rings.